The molecular formula is C13H20N4OS. The molecule has 0 radical (unpaired) electrons. The predicted octanol–water partition coefficient (Wildman–Crippen LogP) is 1.96. The molecule has 0 aliphatic heterocycles. The summed E-state index contributed by atoms with van der Waals surface area (Å²) in [6, 6.07) is 0. The monoisotopic (exact) mass is 280 g/mol. The van der Waals surface area contributed by atoms with Gasteiger partial charge in [-0.1, -0.05) is 37.9 Å². The van der Waals surface area contributed by atoms with E-state index in [2.05, 4.69) is 10.4 Å². The third-order valence-electron chi connectivity index (χ3n) is 3.72. The van der Waals surface area contributed by atoms with E-state index in [1.807, 2.05) is 0 Å². The van der Waals surface area contributed by atoms with Crippen molar-refractivity contribution in [2.75, 3.05) is 5.32 Å². The number of nitrogens with one attached hydrogen (secondary N) is 1. The Labute approximate surface area is 118 Å². The lowest BCUT2D eigenvalue weighted by molar-refractivity contribution is -0.116. The van der Waals surface area contributed by atoms with Gasteiger partial charge in [0.25, 0.3) is 0 Å². The first-order valence-corrected chi connectivity index (χ1v) is 7.10. The Kier molecular flexibility index (Phi) is 4.52. The molecule has 1 aromatic rings. The van der Waals surface area contributed by atoms with Gasteiger partial charge in [-0.2, -0.15) is 5.10 Å². The molecule has 5 nitrogen and oxygen atoms in total. The van der Waals surface area contributed by atoms with Gasteiger partial charge in [0.15, 0.2) is 0 Å². The van der Waals surface area contributed by atoms with Crippen LogP contribution < -0.4 is 11.1 Å². The van der Waals surface area contributed by atoms with Crippen molar-refractivity contribution in [3.05, 3.63) is 11.8 Å². The molecule has 1 aliphatic rings. The smallest absolute Gasteiger partial charge is 0.225 e. The van der Waals surface area contributed by atoms with Gasteiger partial charge in [0.05, 0.1) is 11.8 Å². The highest BCUT2D eigenvalue weighted by Gasteiger charge is 2.18. The standard InChI is InChI=1S/C13H20N4OS/c1-17-13(10(8-15-17)12(14)19)16-11(18)7-6-9-4-2-3-5-9/h8-9H,2-7H2,1H3,(H2,14,19)(H,16,18). The zero-order valence-corrected chi connectivity index (χ0v) is 12.0. The maximum Gasteiger partial charge on any atom is 0.225 e. The molecule has 0 saturated heterocycles. The fourth-order valence-corrected chi connectivity index (χ4v) is 2.74. The lowest BCUT2D eigenvalue weighted by Crippen LogP contribution is -2.19. The van der Waals surface area contributed by atoms with Crippen molar-refractivity contribution in [1.82, 2.24) is 9.78 Å². The molecule has 1 heterocycles. The van der Waals surface area contributed by atoms with Gasteiger partial charge in [0, 0.05) is 13.5 Å². The van der Waals surface area contributed by atoms with Crippen LogP contribution in [0.1, 0.15) is 44.1 Å². The summed E-state index contributed by atoms with van der Waals surface area (Å²) in [4.78, 5) is 12.2. The normalized spacial score (nSPS) is 15.6. The number of nitrogens with zero attached hydrogens (tertiary/aromatic N) is 2. The summed E-state index contributed by atoms with van der Waals surface area (Å²) in [5.74, 6) is 1.31. The summed E-state index contributed by atoms with van der Waals surface area (Å²) in [6.07, 6.45) is 8.22. The minimum absolute atomic E-state index is 0.00741. The number of hydrogen-bond acceptors (Lipinski definition) is 3. The molecule has 1 saturated carbocycles. The van der Waals surface area contributed by atoms with E-state index in [1.54, 1.807) is 17.9 Å². The number of carbonyl (C=O) groups excluding carboxylic acids is 1. The fraction of sp³-hybridized carbons (Fsp3) is 0.615. The van der Waals surface area contributed by atoms with Gasteiger partial charge in [-0.15, -0.1) is 0 Å². The van der Waals surface area contributed by atoms with Crippen LogP contribution in [0.5, 0.6) is 0 Å². The average molecular weight is 280 g/mol. The number of aryl methyl sites for hydroxylation is 1. The second-order valence-corrected chi connectivity index (χ2v) is 5.57. The van der Waals surface area contributed by atoms with E-state index in [-0.39, 0.29) is 10.9 Å². The SMILES string of the molecule is Cn1ncc(C(N)=S)c1NC(=O)CCC1CCCC1. The lowest BCUT2D eigenvalue weighted by Gasteiger charge is -2.10. The highest BCUT2D eigenvalue weighted by molar-refractivity contribution is 7.80. The Balaban J connectivity index is 1.91. The molecule has 0 unspecified atom stereocenters. The minimum Gasteiger partial charge on any atom is -0.389 e. The first-order valence-electron chi connectivity index (χ1n) is 6.69. The Morgan fingerprint density at radius 1 is 1.58 bits per heavy atom. The first-order chi connectivity index (χ1) is 9.08. The largest absolute Gasteiger partial charge is 0.389 e. The number of amides is 1. The van der Waals surface area contributed by atoms with Gasteiger partial charge < -0.3 is 11.1 Å². The molecule has 104 valence electrons. The fourth-order valence-electron chi connectivity index (χ4n) is 2.59. The van der Waals surface area contributed by atoms with E-state index in [4.69, 9.17) is 18.0 Å². The van der Waals surface area contributed by atoms with Crippen LogP contribution in [0.3, 0.4) is 0 Å². The second-order valence-electron chi connectivity index (χ2n) is 5.13. The van der Waals surface area contributed by atoms with Crippen LogP contribution in [0.2, 0.25) is 0 Å². The number of nitrogens with two attached hydrogens (primary N) is 1. The Morgan fingerprint density at radius 2 is 2.26 bits per heavy atom. The van der Waals surface area contributed by atoms with Crippen LogP contribution in [0.25, 0.3) is 0 Å². The summed E-state index contributed by atoms with van der Waals surface area (Å²) in [5, 5.41) is 6.92. The van der Waals surface area contributed by atoms with E-state index in [0.29, 0.717) is 23.7 Å². The van der Waals surface area contributed by atoms with E-state index < -0.39 is 0 Å². The Morgan fingerprint density at radius 3 is 2.89 bits per heavy atom. The molecule has 1 amide bonds. The predicted molar refractivity (Wildman–Crippen MR) is 78.9 cm³/mol. The van der Waals surface area contributed by atoms with Crippen LogP contribution >= 0.6 is 12.2 Å². The molecular weight excluding hydrogens is 260 g/mol. The van der Waals surface area contributed by atoms with Gasteiger partial charge in [0.1, 0.15) is 10.8 Å². The quantitative estimate of drug-likeness (QED) is 0.809. The lowest BCUT2D eigenvalue weighted by atomic mass is 10.0. The van der Waals surface area contributed by atoms with E-state index in [0.717, 1.165) is 6.42 Å². The maximum atomic E-state index is 12.0. The molecule has 6 heteroatoms. The van der Waals surface area contributed by atoms with Crippen LogP contribution in [0.15, 0.2) is 6.20 Å². The molecule has 1 aromatic heterocycles. The number of rotatable bonds is 5. The highest BCUT2D eigenvalue weighted by atomic mass is 32.1. The van der Waals surface area contributed by atoms with Crippen molar-refractivity contribution in [2.24, 2.45) is 18.7 Å². The van der Waals surface area contributed by atoms with Crippen molar-refractivity contribution in [1.29, 1.82) is 0 Å². The zero-order valence-electron chi connectivity index (χ0n) is 11.2. The van der Waals surface area contributed by atoms with Crippen molar-refractivity contribution in [3.63, 3.8) is 0 Å². The third kappa shape index (κ3) is 3.53. The zero-order chi connectivity index (χ0) is 13.8. The van der Waals surface area contributed by atoms with Crippen LogP contribution in [0, 0.1) is 5.92 Å². The van der Waals surface area contributed by atoms with E-state index in [1.165, 1.54) is 25.7 Å². The summed E-state index contributed by atoms with van der Waals surface area (Å²) in [6.45, 7) is 0. The number of aromatic nitrogens is 2. The Hall–Kier alpha value is -1.43. The molecule has 0 atom stereocenters. The molecule has 0 bridgehead atoms. The summed E-state index contributed by atoms with van der Waals surface area (Å²) in [7, 11) is 1.76. The molecule has 2 rings (SSSR count). The topological polar surface area (TPSA) is 72.9 Å². The van der Waals surface area contributed by atoms with Crippen molar-refractivity contribution < 1.29 is 4.79 Å². The number of thiocarbonyl (C=S) groups is 1. The minimum atomic E-state index is 0.00741. The van der Waals surface area contributed by atoms with E-state index in [9.17, 15) is 4.79 Å². The van der Waals surface area contributed by atoms with Gasteiger partial charge in [-0.05, 0) is 12.3 Å². The van der Waals surface area contributed by atoms with Crippen molar-refractivity contribution >= 4 is 28.9 Å². The molecule has 1 fully saturated rings. The van der Waals surface area contributed by atoms with Crippen LogP contribution in [0.4, 0.5) is 5.82 Å². The number of anilines is 1. The highest BCUT2D eigenvalue weighted by Crippen LogP contribution is 2.28. The third-order valence-corrected chi connectivity index (χ3v) is 3.94. The van der Waals surface area contributed by atoms with Crippen LogP contribution in [-0.2, 0) is 11.8 Å². The second kappa shape index (κ2) is 6.14. The summed E-state index contributed by atoms with van der Waals surface area (Å²) in [5.41, 5.74) is 6.22. The first kappa shape index (κ1) is 14.0. The molecule has 0 spiro atoms. The average Bonchev–Trinajstić information content (AvgIpc) is 2.98. The van der Waals surface area contributed by atoms with Crippen molar-refractivity contribution in [2.45, 2.75) is 38.5 Å². The Bertz CT molecular complexity index is 477. The van der Waals surface area contributed by atoms with E-state index >= 15 is 0 Å². The molecule has 19 heavy (non-hydrogen) atoms. The van der Waals surface area contributed by atoms with Gasteiger partial charge in [-0.25, -0.2) is 0 Å². The molecule has 0 aromatic carbocycles. The van der Waals surface area contributed by atoms with Gasteiger partial charge in [-0.3, -0.25) is 9.48 Å². The molecule has 1 aliphatic carbocycles. The van der Waals surface area contributed by atoms with Gasteiger partial charge in [0.2, 0.25) is 5.91 Å². The summed E-state index contributed by atoms with van der Waals surface area (Å²) < 4.78 is 1.59. The van der Waals surface area contributed by atoms with Gasteiger partial charge >= 0.3 is 0 Å². The number of carbonyl (C=O) groups is 1. The maximum absolute atomic E-state index is 12.0. The summed E-state index contributed by atoms with van der Waals surface area (Å²) >= 11 is 4.94. The van der Waals surface area contributed by atoms with Crippen molar-refractivity contribution in [3.8, 4) is 0 Å². The molecule has 3 N–H and O–H groups in total. The number of hydrogen-bond donors (Lipinski definition) is 2. The van der Waals surface area contributed by atoms with Crippen LogP contribution in [-0.4, -0.2) is 20.7 Å².